The van der Waals surface area contributed by atoms with Gasteiger partial charge in [-0.3, -0.25) is 9.13 Å². The predicted molar refractivity (Wildman–Crippen MR) is 185 cm³/mol. The fourth-order valence-corrected chi connectivity index (χ4v) is 7.38. The third kappa shape index (κ3) is 3.27. The van der Waals surface area contributed by atoms with Crippen molar-refractivity contribution in [3.05, 3.63) is 145 Å². The topological polar surface area (TPSA) is 59.4 Å². The van der Waals surface area contributed by atoms with Crippen LogP contribution in [0.4, 0.5) is 0 Å². The van der Waals surface area contributed by atoms with Crippen LogP contribution in [0.2, 0.25) is 0 Å². The Labute approximate surface area is 263 Å². The number of benzene rings is 6. The lowest BCUT2D eigenvalue weighted by molar-refractivity contribution is 1.00. The van der Waals surface area contributed by atoms with Gasteiger partial charge in [0.15, 0.2) is 17.5 Å². The maximum atomic E-state index is 9.80. The molecule has 0 spiro atoms. The Hall–Kier alpha value is -6.51. The number of nitrogens with zero attached hydrogens (tertiary/aromatic N) is 5. The number of hydrogen-bond donors (Lipinski definition) is 0. The molecule has 0 amide bonds. The number of fused-ring (bicyclic) bond motifs is 11. The monoisotopic (exact) mass is 585 g/mol. The van der Waals surface area contributed by atoms with Crippen LogP contribution in [-0.2, 0) is 0 Å². The number of para-hydroxylation sites is 3. The summed E-state index contributed by atoms with van der Waals surface area (Å²) in [5, 5.41) is 14.3. The minimum absolute atomic E-state index is 0.629. The highest BCUT2D eigenvalue weighted by atomic mass is 15.2. The van der Waals surface area contributed by atoms with Crippen LogP contribution in [0.3, 0.4) is 0 Å². The second kappa shape index (κ2) is 9.25. The highest BCUT2D eigenvalue weighted by Gasteiger charge is 2.30. The van der Waals surface area contributed by atoms with Crippen LogP contribution >= 0.6 is 0 Å². The van der Waals surface area contributed by atoms with Crippen molar-refractivity contribution in [2.24, 2.45) is 0 Å². The van der Waals surface area contributed by atoms with E-state index in [1.54, 1.807) is 0 Å². The first-order valence-corrected chi connectivity index (χ1v) is 15.3. The van der Waals surface area contributed by atoms with Crippen LogP contribution in [0.25, 0.3) is 88.9 Å². The van der Waals surface area contributed by atoms with E-state index >= 15 is 0 Å². The first kappa shape index (κ1) is 24.9. The van der Waals surface area contributed by atoms with Crippen LogP contribution in [0.15, 0.2) is 140 Å². The van der Waals surface area contributed by atoms with Crippen LogP contribution in [-0.4, -0.2) is 19.1 Å². The number of hydrogen-bond acceptors (Lipinski definition) is 3. The summed E-state index contributed by atoms with van der Waals surface area (Å²) in [6.07, 6.45) is 0. The molecule has 5 heteroatoms. The summed E-state index contributed by atoms with van der Waals surface area (Å²) in [4.78, 5) is 10.9. The van der Waals surface area contributed by atoms with Gasteiger partial charge in [-0.25, -0.2) is 9.97 Å². The van der Waals surface area contributed by atoms with Gasteiger partial charge in [0.1, 0.15) is 0 Å². The van der Waals surface area contributed by atoms with Crippen molar-refractivity contribution in [2.75, 3.05) is 0 Å². The average Bonchev–Trinajstić information content (AvgIpc) is 3.60. The van der Waals surface area contributed by atoms with Gasteiger partial charge < -0.3 is 0 Å². The highest BCUT2D eigenvalue weighted by Crippen LogP contribution is 2.48. The molecule has 0 saturated carbocycles. The summed E-state index contributed by atoms with van der Waals surface area (Å²) in [5.41, 5.74) is 10.2. The molecule has 0 unspecified atom stereocenters. The Balaban J connectivity index is 1.47. The zero-order chi connectivity index (χ0) is 30.4. The van der Waals surface area contributed by atoms with E-state index in [0.717, 1.165) is 72.3 Å². The first-order valence-electron chi connectivity index (χ1n) is 15.3. The van der Waals surface area contributed by atoms with Crippen molar-refractivity contribution in [1.82, 2.24) is 19.1 Å². The van der Waals surface area contributed by atoms with E-state index in [1.165, 1.54) is 10.8 Å². The van der Waals surface area contributed by atoms with Crippen molar-refractivity contribution >= 4 is 43.6 Å². The van der Waals surface area contributed by atoms with Gasteiger partial charge in [-0.15, -0.1) is 0 Å². The Morgan fingerprint density at radius 2 is 1.07 bits per heavy atom. The normalized spacial score (nSPS) is 11.9. The van der Waals surface area contributed by atoms with Gasteiger partial charge in [-0.2, -0.15) is 5.26 Å². The summed E-state index contributed by atoms with van der Waals surface area (Å²) in [6.45, 7) is 0. The lowest BCUT2D eigenvalue weighted by atomic mass is 9.94. The summed E-state index contributed by atoms with van der Waals surface area (Å²) in [5.74, 6) is 2.29. The molecule has 0 bridgehead atoms. The van der Waals surface area contributed by atoms with Gasteiger partial charge in [0.25, 0.3) is 0 Å². The van der Waals surface area contributed by atoms with Crippen molar-refractivity contribution < 1.29 is 0 Å². The molecule has 1 aliphatic rings. The zero-order valence-electron chi connectivity index (χ0n) is 24.5. The van der Waals surface area contributed by atoms with Gasteiger partial charge in [0.2, 0.25) is 0 Å². The molecule has 0 aliphatic carbocycles. The number of aromatic nitrogens is 4. The van der Waals surface area contributed by atoms with E-state index in [2.05, 4.69) is 118 Å². The molecule has 0 atom stereocenters. The fraction of sp³-hybridized carbons (Fsp3) is 0. The molecule has 6 aromatic carbocycles. The van der Waals surface area contributed by atoms with Crippen LogP contribution in [0, 0.1) is 11.3 Å². The average molecular weight is 586 g/mol. The van der Waals surface area contributed by atoms with E-state index in [-0.39, 0.29) is 0 Å². The summed E-state index contributed by atoms with van der Waals surface area (Å²) >= 11 is 0. The van der Waals surface area contributed by atoms with E-state index in [1.807, 2.05) is 36.4 Å². The summed E-state index contributed by atoms with van der Waals surface area (Å²) in [7, 11) is 0. The maximum Gasteiger partial charge on any atom is 0.163 e. The SMILES string of the molecule is N#Cc1ccc2c(c1)c1ccccc1n2-c1nc(-c2ccccc2)nc2c1-c1ccccc1-c1cccc3c4ccccc4n-2c13. The third-order valence-corrected chi connectivity index (χ3v) is 9.31. The summed E-state index contributed by atoms with van der Waals surface area (Å²) < 4.78 is 4.60. The molecule has 9 aromatic rings. The predicted octanol–water partition coefficient (Wildman–Crippen LogP) is 9.86. The first-order chi connectivity index (χ1) is 22.8. The van der Waals surface area contributed by atoms with Crippen molar-refractivity contribution in [3.8, 4) is 51.3 Å². The fourth-order valence-electron chi connectivity index (χ4n) is 7.38. The molecule has 0 radical (unpaired) electrons. The minimum atomic E-state index is 0.629. The molecule has 212 valence electrons. The molecule has 0 fully saturated rings. The van der Waals surface area contributed by atoms with Gasteiger partial charge in [-0.05, 0) is 41.5 Å². The van der Waals surface area contributed by atoms with Crippen LogP contribution < -0.4 is 0 Å². The molecule has 10 rings (SSSR count). The van der Waals surface area contributed by atoms with Crippen molar-refractivity contribution in [2.45, 2.75) is 0 Å². The van der Waals surface area contributed by atoms with Crippen molar-refractivity contribution in [3.63, 3.8) is 0 Å². The molecule has 3 aromatic heterocycles. The van der Waals surface area contributed by atoms with Crippen LogP contribution in [0.5, 0.6) is 0 Å². The highest BCUT2D eigenvalue weighted by molar-refractivity contribution is 6.17. The molecule has 5 nitrogen and oxygen atoms in total. The minimum Gasteiger partial charge on any atom is -0.293 e. The molecule has 0 saturated heterocycles. The Kier molecular flexibility index (Phi) is 5.00. The van der Waals surface area contributed by atoms with Gasteiger partial charge in [0.05, 0.1) is 39.3 Å². The van der Waals surface area contributed by atoms with E-state index in [4.69, 9.17) is 9.97 Å². The second-order valence-electron chi connectivity index (χ2n) is 11.7. The lowest BCUT2D eigenvalue weighted by Crippen LogP contribution is -2.09. The standard InChI is InChI=1S/C41H23N5/c42-24-25-21-22-36-33(23-25)29-15-7-8-19-34(29)45(36)40-37-30-16-5-4-13-27(30)31-17-10-18-32-28-14-6-9-20-35(28)46(38(31)32)41(37)44-39(43-40)26-11-2-1-3-12-26/h1-23H. The molecular weight excluding hydrogens is 562 g/mol. The van der Waals surface area contributed by atoms with E-state index in [9.17, 15) is 5.26 Å². The second-order valence-corrected chi connectivity index (χ2v) is 11.7. The number of rotatable bonds is 2. The maximum absolute atomic E-state index is 9.80. The third-order valence-electron chi connectivity index (χ3n) is 9.31. The molecular formula is C41H23N5. The smallest absolute Gasteiger partial charge is 0.163 e. The lowest BCUT2D eigenvalue weighted by Gasteiger charge is -2.19. The summed E-state index contributed by atoms with van der Waals surface area (Å²) in [6, 6.07) is 50.6. The van der Waals surface area contributed by atoms with E-state index in [0.29, 0.717) is 11.4 Å². The van der Waals surface area contributed by atoms with Gasteiger partial charge in [-0.1, -0.05) is 109 Å². The Morgan fingerprint density at radius 1 is 0.478 bits per heavy atom. The molecule has 4 heterocycles. The molecule has 1 aliphatic heterocycles. The van der Waals surface area contributed by atoms with E-state index < -0.39 is 0 Å². The largest absolute Gasteiger partial charge is 0.293 e. The van der Waals surface area contributed by atoms with Crippen molar-refractivity contribution in [1.29, 1.82) is 5.26 Å². The number of nitriles is 1. The van der Waals surface area contributed by atoms with Gasteiger partial charge in [0, 0.05) is 32.7 Å². The van der Waals surface area contributed by atoms with Crippen LogP contribution in [0.1, 0.15) is 5.56 Å². The zero-order valence-corrected chi connectivity index (χ0v) is 24.5. The van der Waals surface area contributed by atoms with Gasteiger partial charge >= 0.3 is 0 Å². The quantitative estimate of drug-likeness (QED) is 0.203. The molecule has 46 heavy (non-hydrogen) atoms. The molecule has 0 N–H and O–H groups in total. The Morgan fingerprint density at radius 3 is 1.85 bits per heavy atom. The Bertz CT molecular complexity index is 2760.